The van der Waals surface area contributed by atoms with Gasteiger partial charge in [0.05, 0.1) is 0 Å². The molecular formula is C10H12N2O2. The van der Waals surface area contributed by atoms with Crippen molar-refractivity contribution in [2.75, 3.05) is 13.1 Å². The lowest BCUT2D eigenvalue weighted by Crippen LogP contribution is -2.28. The second kappa shape index (κ2) is 5.14. The Labute approximate surface area is 82.1 Å². The third-order valence-electron chi connectivity index (χ3n) is 1.71. The molecule has 0 bridgehead atoms. The van der Waals surface area contributed by atoms with E-state index in [2.05, 4.69) is 5.32 Å². The van der Waals surface area contributed by atoms with Crippen molar-refractivity contribution in [3.05, 3.63) is 35.4 Å². The molecule has 0 heterocycles. The average molecular weight is 192 g/mol. The molecule has 0 radical (unpaired) electrons. The highest BCUT2D eigenvalue weighted by atomic mass is 16.1. The van der Waals surface area contributed by atoms with Crippen molar-refractivity contribution < 1.29 is 9.59 Å². The van der Waals surface area contributed by atoms with Crippen LogP contribution < -0.4 is 11.1 Å². The maximum absolute atomic E-state index is 11.4. The molecule has 14 heavy (non-hydrogen) atoms. The molecule has 4 nitrogen and oxygen atoms in total. The van der Waals surface area contributed by atoms with Crippen LogP contribution in [-0.2, 0) is 0 Å². The van der Waals surface area contributed by atoms with Gasteiger partial charge in [0, 0.05) is 24.2 Å². The summed E-state index contributed by atoms with van der Waals surface area (Å²) >= 11 is 0. The van der Waals surface area contributed by atoms with Crippen LogP contribution in [0.3, 0.4) is 0 Å². The lowest BCUT2D eigenvalue weighted by molar-refractivity contribution is 0.0954. The molecule has 1 amide bonds. The fourth-order valence-corrected chi connectivity index (χ4v) is 1.04. The summed E-state index contributed by atoms with van der Waals surface area (Å²) < 4.78 is 0. The fraction of sp³-hybridized carbons (Fsp3) is 0.200. The van der Waals surface area contributed by atoms with Crippen molar-refractivity contribution in [1.29, 1.82) is 0 Å². The first-order valence-electron chi connectivity index (χ1n) is 4.31. The summed E-state index contributed by atoms with van der Waals surface area (Å²) in [6, 6.07) is 6.51. The van der Waals surface area contributed by atoms with E-state index in [0.29, 0.717) is 30.5 Å². The summed E-state index contributed by atoms with van der Waals surface area (Å²) in [4.78, 5) is 21.8. The van der Waals surface area contributed by atoms with E-state index in [9.17, 15) is 9.59 Å². The molecule has 4 heteroatoms. The van der Waals surface area contributed by atoms with Gasteiger partial charge in [0.1, 0.15) is 6.29 Å². The third kappa shape index (κ3) is 2.67. The zero-order valence-electron chi connectivity index (χ0n) is 7.69. The van der Waals surface area contributed by atoms with Gasteiger partial charge >= 0.3 is 0 Å². The molecule has 0 aliphatic heterocycles. The number of carbonyl (C=O) groups excluding carboxylic acids is 2. The SMILES string of the molecule is NCCNC(=O)c1cccc(C=O)c1. The minimum absolute atomic E-state index is 0.209. The Balaban J connectivity index is 2.74. The summed E-state index contributed by atoms with van der Waals surface area (Å²) in [5.74, 6) is -0.209. The quantitative estimate of drug-likeness (QED) is 0.669. The molecule has 0 unspecified atom stereocenters. The fourth-order valence-electron chi connectivity index (χ4n) is 1.04. The van der Waals surface area contributed by atoms with E-state index in [-0.39, 0.29) is 5.91 Å². The van der Waals surface area contributed by atoms with Gasteiger partial charge in [0.2, 0.25) is 0 Å². The van der Waals surface area contributed by atoms with Crippen molar-refractivity contribution in [3.8, 4) is 0 Å². The Kier molecular flexibility index (Phi) is 3.82. The van der Waals surface area contributed by atoms with Crippen LogP contribution in [0.5, 0.6) is 0 Å². The number of benzene rings is 1. The summed E-state index contributed by atoms with van der Waals surface area (Å²) in [6.45, 7) is 0.837. The van der Waals surface area contributed by atoms with Gasteiger partial charge in [-0.05, 0) is 12.1 Å². The first kappa shape index (κ1) is 10.4. The molecule has 0 atom stereocenters. The molecule has 0 aliphatic rings. The Hall–Kier alpha value is -1.68. The first-order chi connectivity index (χ1) is 6.77. The average Bonchev–Trinajstić information content (AvgIpc) is 2.26. The summed E-state index contributed by atoms with van der Waals surface area (Å²) in [6.07, 6.45) is 0.708. The molecule has 1 aromatic rings. The van der Waals surface area contributed by atoms with Crippen LogP contribution in [0.4, 0.5) is 0 Å². The summed E-state index contributed by atoms with van der Waals surface area (Å²) in [5.41, 5.74) is 6.21. The number of hydrogen-bond donors (Lipinski definition) is 2. The van der Waals surface area contributed by atoms with Crippen LogP contribution in [0.1, 0.15) is 20.7 Å². The van der Waals surface area contributed by atoms with Gasteiger partial charge in [-0.1, -0.05) is 12.1 Å². The third-order valence-corrected chi connectivity index (χ3v) is 1.71. The van der Waals surface area contributed by atoms with Crippen molar-refractivity contribution in [1.82, 2.24) is 5.32 Å². The van der Waals surface area contributed by atoms with Crippen LogP contribution in [0.25, 0.3) is 0 Å². The van der Waals surface area contributed by atoms with E-state index in [4.69, 9.17) is 5.73 Å². The number of nitrogens with two attached hydrogens (primary N) is 1. The van der Waals surface area contributed by atoms with Crippen molar-refractivity contribution in [2.24, 2.45) is 5.73 Å². The molecule has 0 fully saturated rings. The highest BCUT2D eigenvalue weighted by molar-refractivity contribution is 5.95. The predicted molar refractivity (Wildman–Crippen MR) is 53.2 cm³/mol. The number of rotatable bonds is 4. The van der Waals surface area contributed by atoms with Gasteiger partial charge in [-0.2, -0.15) is 0 Å². The van der Waals surface area contributed by atoms with Gasteiger partial charge in [-0.15, -0.1) is 0 Å². The summed E-state index contributed by atoms with van der Waals surface area (Å²) in [5, 5.41) is 2.62. The molecule has 1 rings (SSSR count). The number of nitrogens with one attached hydrogen (secondary N) is 1. The Morgan fingerprint density at radius 2 is 2.29 bits per heavy atom. The highest BCUT2D eigenvalue weighted by Gasteiger charge is 2.03. The van der Waals surface area contributed by atoms with E-state index in [0.717, 1.165) is 0 Å². The van der Waals surface area contributed by atoms with Crippen LogP contribution in [0.15, 0.2) is 24.3 Å². The molecule has 3 N–H and O–H groups in total. The van der Waals surface area contributed by atoms with Gasteiger partial charge < -0.3 is 11.1 Å². The second-order valence-electron chi connectivity index (χ2n) is 2.79. The van der Waals surface area contributed by atoms with Crippen LogP contribution in [0.2, 0.25) is 0 Å². The molecule has 74 valence electrons. The van der Waals surface area contributed by atoms with E-state index in [1.807, 2.05) is 0 Å². The summed E-state index contributed by atoms with van der Waals surface area (Å²) in [7, 11) is 0. The molecule has 1 aromatic carbocycles. The van der Waals surface area contributed by atoms with Gasteiger partial charge in [0.25, 0.3) is 5.91 Å². The smallest absolute Gasteiger partial charge is 0.251 e. The van der Waals surface area contributed by atoms with Gasteiger partial charge in [-0.3, -0.25) is 9.59 Å². The van der Waals surface area contributed by atoms with E-state index in [1.165, 1.54) is 0 Å². The number of hydrogen-bond acceptors (Lipinski definition) is 3. The lowest BCUT2D eigenvalue weighted by atomic mass is 10.1. The zero-order chi connectivity index (χ0) is 10.4. The largest absolute Gasteiger partial charge is 0.351 e. The van der Waals surface area contributed by atoms with E-state index < -0.39 is 0 Å². The first-order valence-corrected chi connectivity index (χ1v) is 4.31. The maximum atomic E-state index is 11.4. The Morgan fingerprint density at radius 1 is 1.50 bits per heavy atom. The normalized spacial score (nSPS) is 9.50. The number of carbonyl (C=O) groups is 2. The number of aldehydes is 1. The van der Waals surface area contributed by atoms with Crippen molar-refractivity contribution in [3.63, 3.8) is 0 Å². The topological polar surface area (TPSA) is 72.2 Å². The molecule has 0 saturated carbocycles. The second-order valence-corrected chi connectivity index (χ2v) is 2.79. The van der Waals surface area contributed by atoms with E-state index in [1.54, 1.807) is 24.3 Å². The van der Waals surface area contributed by atoms with Crippen molar-refractivity contribution in [2.45, 2.75) is 0 Å². The maximum Gasteiger partial charge on any atom is 0.251 e. The van der Waals surface area contributed by atoms with E-state index >= 15 is 0 Å². The molecule has 0 aliphatic carbocycles. The Bertz CT molecular complexity index is 337. The predicted octanol–water partition coefficient (Wildman–Crippen LogP) is 0.188. The number of amides is 1. The van der Waals surface area contributed by atoms with Crippen LogP contribution >= 0.6 is 0 Å². The molecular weight excluding hydrogens is 180 g/mol. The highest BCUT2D eigenvalue weighted by Crippen LogP contribution is 2.02. The minimum atomic E-state index is -0.209. The minimum Gasteiger partial charge on any atom is -0.351 e. The van der Waals surface area contributed by atoms with Crippen molar-refractivity contribution >= 4 is 12.2 Å². The standard InChI is InChI=1S/C10H12N2O2/c11-4-5-12-10(14)9-3-1-2-8(6-9)7-13/h1-3,6-7H,4-5,11H2,(H,12,14). The van der Waals surface area contributed by atoms with Crippen LogP contribution in [-0.4, -0.2) is 25.3 Å². The molecule has 0 spiro atoms. The zero-order valence-corrected chi connectivity index (χ0v) is 7.69. The van der Waals surface area contributed by atoms with Crippen LogP contribution in [0, 0.1) is 0 Å². The Morgan fingerprint density at radius 3 is 2.93 bits per heavy atom. The monoisotopic (exact) mass is 192 g/mol. The molecule has 0 saturated heterocycles. The lowest BCUT2D eigenvalue weighted by Gasteiger charge is -2.03. The van der Waals surface area contributed by atoms with Gasteiger partial charge in [0.15, 0.2) is 0 Å². The molecule has 0 aromatic heterocycles. The van der Waals surface area contributed by atoms with Gasteiger partial charge in [-0.25, -0.2) is 0 Å².